The summed E-state index contributed by atoms with van der Waals surface area (Å²) in [5, 5.41) is 11.5. The molecule has 1 fully saturated rings. The molecule has 3 rings (SSSR count). The Morgan fingerprint density at radius 2 is 1.78 bits per heavy atom. The molecule has 1 aromatic heterocycles. The van der Waals surface area contributed by atoms with E-state index in [0.717, 1.165) is 36.9 Å². The molecule has 1 aromatic carbocycles. The third-order valence-corrected chi connectivity index (χ3v) is 6.00. The zero-order chi connectivity index (χ0) is 23.1. The summed E-state index contributed by atoms with van der Waals surface area (Å²) in [6.07, 6.45) is 3.99. The summed E-state index contributed by atoms with van der Waals surface area (Å²) in [5.74, 6) is 0.0761. The van der Waals surface area contributed by atoms with Crippen LogP contribution in [-0.2, 0) is 9.53 Å². The predicted molar refractivity (Wildman–Crippen MR) is 121 cm³/mol. The van der Waals surface area contributed by atoms with Gasteiger partial charge in [-0.15, -0.1) is 0 Å². The first-order chi connectivity index (χ1) is 15.4. The van der Waals surface area contributed by atoms with Crippen molar-refractivity contribution in [3.63, 3.8) is 0 Å². The molecule has 168 valence electrons. The van der Waals surface area contributed by atoms with Gasteiger partial charge in [-0.2, -0.15) is 5.26 Å². The number of rotatable bonds is 7. The van der Waals surface area contributed by atoms with Gasteiger partial charge in [-0.3, -0.25) is 9.78 Å². The Morgan fingerprint density at radius 1 is 1.09 bits per heavy atom. The molecule has 0 unspecified atom stereocenters. The van der Waals surface area contributed by atoms with Crippen molar-refractivity contribution >= 4 is 11.9 Å². The second-order valence-corrected chi connectivity index (χ2v) is 8.18. The summed E-state index contributed by atoms with van der Waals surface area (Å²) in [5.41, 5.74) is 4.43. The van der Waals surface area contributed by atoms with Gasteiger partial charge in [0.25, 0.3) is 0 Å². The highest BCUT2D eigenvalue weighted by atomic mass is 16.5. The molecule has 0 spiro atoms. The summed E-state index contributed by atoms with van der Waals surface area (Å²) < 4.78 is 5.11. The summed E-state index contributed by atoms with van der Waals surface area (Å²) in [7, 11) is 0. The number of benzene rings is 1. The van der Waals surface area contributed by atoms with E-state index < -0.39 is 5.97 Å². The van der Waals surface area contributed by atoms with Gasteiger partial charge < -0.3 is 10.1 Å². The summed E-state index contributed by atoms with van der Waals surface area (Å²) >= 11 is 0. The van der Waals surface area contributed by atoms with Gasteiger partial charge in [-0.1, -0.05) is 24.3 Å². The maximum absolute atomic E-state index is 12.2. The van der Waals surface area contributed by atoms with E-state index in [-0.39, 0.29) is 17.5 Å². The topological polar surface area (TPSA) is 105 Å². The van der Waals surface area contributed by atoms with E-state index in [4.69, 9.17) is 10.00 Å². The molecular formula is C25H30N4O3. The first kappa shape index (κ1) is 23.4. The number of carbonyl (C=O) groups is 2. The molecule has 1 heterocycles. The number of hydrogen-bond donors (Lipinski definition) is 1. The highest BCUT2D eigenvalue weighted by molar-refractivity contribution is 5.89. The second kappa shape index (κ2) is 10.9. The van der Waals surface area contributed by atoms with E-state index >= 15 is 0 Å². The maximum atomic E-state index is 12.2. The molecule has 1 aliphatic carbocycles. The summed E-state index contributed by atoms with van der Waals surface area (Å²) in [6, 6.07) is 10.3. The molecular weight excluding hydrogens is 404 g/mol. The molecule has 7 heteroatoms. The minimum Gasteiger partial charge on any atom is -0.461 e. The van der Waals surface area contributed by atoms with E-state index in [2.05, 4.69) is 27.4 Å². The van der Waals surface area contributed by atoms with E-state index in [0.29, 0.717) is 36.9 Å². The van der Waals surface area contributed by atoms with Crippen molar-refractivity contribution in [1.29, 1.82) is 5.26 Å². The fourth-order valence-electron chi connectivity index (χ4n) is 4.29. The van der Waals surface area contributed by atoms with Gasteiger partial charge in [0.05, 0.1) is 36.2 Å². The number of hydrogen-bond acceptors (Lipinski definition) is 6. The van der Waals surface area contributed by atoms with Crippen LogP contribution in [0.1, 0.15) is 72.4 Å². The monoisotopic (exact) mass is 434 g/mol. The molecule has 1 aliphatic rings. The zero-order valence-electron chi connectivity index (χ0n) is 19.0. The molecule has 1 N–H and O–H groups in total. The van der Waals surface area contributed by atoms with Crippen LogP contribution in [0.2, 0.25) is 0 Å². The number of nitrogens with zero attached hydrogens (tertiary/aromatic N) is 3. The number of aryl methyl sites for hydroxylation is 2. The first-order valence-electron chi connectivity index (χ1n) is 11.2. The number of nitrogens with one attached hydrogen (secondary N) is 1. The van der Waals surface area contributed by atoms with Gasteiger partial charge in [0.15, 0.2) is 5.69 Å². The van der Waals surface area contributed by atoms with Gasteiger partial charge in [0.1, 0.15) is 0 Å². The lowest BCUT2D eigenvalue weighted by Crippen LogP contribution is -2.33. The van der Waals surface area contributed by atoms with Crippen LogP contribution in [0.5, 0.6) is 0 Å². The van der Waals surface area contributed by atoms with Crippen molar-refractivity contribution in [2.45, 2.75) is 58.8 Å². The third kappa shape index (κ3) is 5.50. The minimum absolute atomic E-state index is 0.0380. The van der Waals surface area contributed by atoms with Gasteiger partial charge in [0, 0.05) is 18.0 Å². The molecule has 1 amide bonds. The minimum atomic E-state index is -0.455. The molecule has 1 saturated carbocycles. The first-order valence-corrected chi connectivity index (χ1v) is 11.2. The van der Waals surface area contributed by atoms with Crippen molar-refractivity contribution in [2.75, 3.05) is 13.2 Å². The van der Waals surface area contributed by atoms with E-state index in [1.165, 1.54) is 5.56 Å². The zero-order valence-corrected chi connectivity index (χ0v) is 19.0. The third-order valence-electron chi connectivity index (χ3n) is 6.00. The Balaban J connectivity index is 1.67. The van der Waals surface area contributed by atoms with E-state index in [9.17, 15) is 9.59 Å². The molecule has 0 bridgehead atoms. The standard InChI is InChI=1S/C25H30N4O3/c1-4-32-25(31)23-17(3)28-16(2)22(29-23)20-10-6-18(7-11-20)19-8-12-21(13-9-19)24(30)27-15-5-14-26/h6-7,10-11,19,21H,4-5,8-9,12-13,15H2,1-3H3,(H,27,30). The summed E-state index contributed by atoms with van der Waals surface area (Å²) in [4.78, 5) is 33.5. The molecule has 0 radical (unpaired) electrons. The fourth-order valence-corrected chi connectivity index (χ4v) is 4.29. The Kier molecular flexibility index (Phi) is 7.93. The van der Waals surface area contributed by atoms with Crippen molar-refractivity contribution < 1.29 is 14.3 Å². The molecule has 0 atom stereocenters. The number of ether oxygens (including phenoxy) is 1. The Hall–Kier alpha value is -3.27. The molecule has 7 nitrogen and oxygen atoms in total. The van der Waals surface area contributed by atoms with Crippen LogP contribution in [0.4, 0.5) is 0 Å². The smallest absolute Gasteiger partial charge is 0.358 e. The lowest BCUT2D eigenvalue weighted by atomic mass is 9.78. The number of aromatic nitrogens is 2. The number of nitriles is 1. The van der Waals surface area contributed by atoms with Gasteiger partial charge >= 0.3 is 5.97 Å². The Labute approximate surface area is 189 Å². The Bertz CT molecular complexity index is 1000. The van der Waals surface area contributed by atoms with Crippen LogP contribution >= 0.6 is 0 Å². The molecule has 0 aliphatic heterocycles. The van der Waals surface area contributed by atoms with E-state index in [1.54, 1.807) is 13.8 Å². The van der Waals surface area contributed by atoms with Gasteiger partial charge in [-0.25, -0.2) is 9.78 Å². The van der Waals surface area contributed by atoms with Crippen LogP contribution in [0.15, 0.2) is 24.3 Å². The average Bonchev–Trinajstić information content (AvgIpc) is 2.80. The molecule has 2 aromatic rings. The van der Waals surface area contributed by atoms with Crippen LogP contribution < -0.4 is 5.32 Å². The lowest BCUT2D eigenvalue weighted by molar-refractivity contribution is -0.125. The SMILES string of the molecule is CCOC(=O)c1nc(-c2ccc(C3CCC(C(=O)NCCC#N)CC3)cc2)c(C)nc1C. The summed E-state index contributed by atoms with van der Waals surface area (Å²) in [6.45, 7) is 6.14. The maximum Gasteiger partial charge on any atom is 0.358 e. The largest absolute Gasteiger partial charge is 0.461 e. The van der Waals surface area contributed by atoms with Crippen LogP contribution in [0.3, 0.4) is 0 Å². The van der Waals surface area contributed by atoms with E-state index in [1.807, 2.05) is 25.1 Å². The van der Waals surface area contributed by atoms with Gasteiger partial charge in [0.2, 0.25) is 5.91 Å². The van der Waals surface area contributed by atoms with Crippen molar-refractivity contribution in [2.24, 2.45) is 5.92 Å². The number of amides is 1. The number of esters is 1. The van der Waals surface area contributed by atoms with Gasteiger partial charge in [-0.05, 0) is 57.9 Å². The van der Waals surface area contributed by atoms with Crippen LogP contribution in [0, 0.1) is 31.1 Å². The highest BCUT2D eigenvalue weighted by Crippen LogP contribution is 2.36. The lowest BCUT2D eigenvalue weighted by Gasteiger charge is -2.28. The normalized spacial score (nSPS) is 17.9. The highest BCUT2D eigenvalue weighted by Gasteiger charge is 2.27. The van der Waals surface area contributed by atoms with Crippen LogP contribution in [-0.4, -0.2) is 35.0 Å². The fraction of sp³-hybridized carbons (Fsp3) is 0.480. The van der Waals surface area contributed by atoms with Crippen molar-refractivity contribution in [3.8, 4) is 17.3 Å². The van der Waals surface area contributed by atoms with Crippen molar-refractivity contribution in [1.82, 2.24) is 15.3 Å². The number of carbonyl (C=O) groups excluding carboxylic acids is 2. The average molecular weight is 435 g/mol. The molecule has 32 heavy (non-hydrogen) atoms. The van der Waals surface area contributed by atoms with Crippen LogP contribution in [0.25, 0.3) is 11.3 Å². The Morgan fingerprint density at radius 3 is 2.41 bits per heavy atom. The van der Waals surface area contributed by atoms with Crippen molar-refractivity contribution in [3.05, 3.63) is 46.9 Å². The molecule has 0 saturated heterocycles. The second-order valence-electron chi connectivity index (χ2n) is 8.18. The quantitative estimate of drug-likeness (QED) is 0.516. The predicted octanol–water partition coefficient (Wildman–Crippen LogP) is 4.24.